The third-order valence-electron chi connectivity index (χ3n) is 2.86. The van der Waals surface area contributed by atoms with Crippen LogP contribution in [0.15, 0.2) is 12.1 Å². The van der Waals surface area contributed by atoms with Crippen molar-refractivity contribution in [1.82, 2.24) is 0 Å². The first-order chi connectivity index (χ1) is 8.04. The number of hydrogen-bond acceptors (Lipinski definition) is 3. The Labute approximate surface area is 107 Å². The second-order valence-electron chi connectivity index (χ2n) is 4.01. The lowest BCUT2D eigenvalue weighted by Crippen LogP contribution is -2.23. The Bertz CT molecular complexity index is 414. The third kappa shape index (κ3) is 2.99. The lowest BCUT2D eigenvalue weighted by Gasteiger charge is -2.15. The van der Waals surface area contributed by atoms with E-state index in [2.05, 4.69) is 0 Å². The molecule has 0 aliphatic rings. The summed E-state index contributed by atoms with van der Waals surface area (Å²) in [5.74, 6) is 0.408. The van der Waals surface area contributed by atoms with E-state index in [0.717, 1.165) is 5.56 Å². The number of rotatable bonds is 5. The molecule has 0 bridgehead atoms. The van der Waals surface area contributed by atoms with Gasteiger partial charge in [-0.1, -0.05) is 18.5 Å². The van der Waals surface area contributed by atoms with Gasteiger partial charge in [0.25, 0.3) is 0 Å². The number of methoxy groups -OCH3 is 1. The molecule has 1 aromatic rings. The van der Waals surface area contributed by atoms with Gasteiger partial charge in [0.2, 0.25) is 0 Å². The van der Waals surface area contributed by atoms with Crippen molar-refractivity contribution in [2.75, 3.05) is 13.7 Å². The van der Waals surface area contributed by atoms with E-state index in [4.69, 9.17) is 22.1 Å². The van der Waals surface area contributed by atoms with E-state index < -0.39 is 0 Å². The molecular weight excluding hydrogens is 238 g/mol. The van der Waals surface area contributed by atoms with Crippen molar-refractivity contribution < 1.29 is 9.53 Å². The lowest BCUT2D eigenvalue weighted by atomic mass is 9.93. The molecule has 17 heavy (non-hydrogen) atoms. The van der Waals surface area contributed by atoms with Gasteiger partial charge in [0.1, 0.15) is 5.75 Å². The van der Waals surface area contributed by atoms with Crippen LogP contribution < -0.4 is 10.5 Å². The average molecular weight is 256 g/mol. The third-order valence-corrected chi connectivity index (χ3v) is 3.08. The highest BCUT2D eigenvalue weighted by atomic mass is 35.5. The van der Waals surface area contributed by atoms with E-state index in [0.29, 0.717) is 29.3 Å². The Hall–Kier alpha value is -1.06. The minimum Gasteiger partial charge on any atom is -0.496 e. The molecule has 4 heteroatoms. The molecule has 3 nitrogen and oxygen atoms in total. The summed E-state index contributed by atoms with van der Waals surface area (Å²) in [6.45, 7) is 4.15. The van der Waals surface area contributed by atoms with Crippen LogP contribution in [-0.2, 0) is 0 Å². The van der Waals surface area contributed by atoms with Crippen molar-refractivity contribution in [3.63, 3.8) is 0 Å². The number of nitrogens with two attached hydrogens (primary N) is 1. The summed E-state index contributed by atoms with van der Waals surface area (Å²) in [6, 6.07) is 3.43. The van der Waals surface area contributed by atoms with Crippen molar-refractivity contribution in [3.8, 4) is 5.75 Å². The molecule has 0 aliphatic carbocycles. The highest BCUT2D eigenvalue weighted by molar-refractivity contribution is 6.31. The molecule has 0 aromatic heterocycles. The normalized spacial score (nSPS) is 12.3. The minimum absolute atomic E-state index is 0.00236. The molecule has 0 fully saturated rings. The number of ether oxygens (including phenoxy) is 1. The first-order valence-corrected chi connectivity index (χ1v) is 6.01. The van der Waals surface area contributed by atoms with Gasteiger partial charge in [0, 0.05) is 17.5 Å². The summed E-state index contributed by atoms with van der Waals surface area (Å²) in [4.78, 5) is 12.3. The van der Waals surface area contributed by atoms with E-state index in [1.165, 1.54) is 0 Å². The summed E-state index contributed by atoms with van der Waals surface area (Å²) in [7, 11) is 1.55. The standard InChI is InChI=1S/C13H18ClNO2/c1-4-9(7-15)12(16)11-6-10(14)5-8(2)13(11)17-3/h5-6,9H,4,7,15H2,1-3H3. The Morgan fingerprint density at radius 3 is 2.65 bits per heavy atom. The summed E-state index contributed by atoms with van der Waals surface area (Å²) in [5.41, 5.74) is 6.97. The molecule has 1 atom stereocenters. The smallest absolute Gasteiger partial charge is 0.170 e. The Morgan fingerprint density at radius 2 is 2.18 bits per heavy atom. The first-order valence-electron chi connectivity index (χ1n) is 5.63. The molecule has 0 radical (unpaired) electrons. The number of halogens is 1. The zero-order valence-corrected chi connectivity index (χ0v) is 11.2. The molecule has 1 unspecified atom stereocenters. The second-order valence-corrected chi connectivity index (χ2v) is 4.45. The fourth-order valence-electron chi connectivity index (χ4n) is 1.86. The molecule has 1 rings (SSSR count). The van der Waals surface area contributed by atoms with Gasteiger partial charge in [-0.25, -0.2) is 0 Å². The van der Waals surface area contributed by atoms with Crippen LogP contribution in [0.1, 0.15) is 29.3 Å². The predicted octanol–water partition coefficient (Wildman–Crippen LogP) is 2.82. The molecular formula is C13H18ClNO2. The van der Waals surface area contributed by atoms with Gasteiger partial charge in [-0.05, 0) is 31.0 Å². The largest absolute Gasteiger partial charge is 0.496 e. The van der Waals surface area contributed by atoms with Crippen LogP contribution in [-0.4, -0.2) is 19.4 Å². The highest BCUT2D eigenvalue weighted by Gasteiger charge is 2.22. The van der Waals surface area contributed by atoms with E-state index in [-0.39, 0.29) is 11.7 Å². The fraction of sp³-hybridized carbons (Fsp3) is 0.462. The first kappa shape index (κ1) is 14.0. The van der Waals surface area contributed by atoms with E-state index in [1.807, 2.05) is 13.8 Å². The molecule has 0 aliphatic heterocycles. The van der Waals surface area contributed by atoms with E-state index >= 15 is 0 Å². The van der Waals surface area contributed by atoms with Gasteiger partial charge in [-0.3, -0.25) is 4.79 Å². The summed E-state index contributed by atoms with van der Waals surface area (Å²) < 4.78 is 5.27. The summed E-state index contributed by atoms with van der Waals surface area (Å²) in [6.07, 6.45) is 0.712. The SMILES string of the molecule is CCC(CN)C(=O)c1cc(Cl)cc(C)c1OC. The molecule has 0 saturated carbocycles. The molecule has 0 amide bonds. The lowest BCUT2D eigenvalue weighted by molar-refractivity contribution is 0.0918. The van der Waals surface area contributed by atoms with Crippen LogP contribution >= 0.6 is 11.6 Å². The molecule has 94 valence electrons. The topological polar surface area (TPSA) is 52.3 Å². The summed E-state index contributed by atoms with van der Waals surface area (Å²) >= 11 is 5.98. The van der Waals surface area contributed by atoms with E-state index in [9.17, 15) is 4.79 Å². The van der Waals surface area contributed by atoms with Gasteiger partial charge in [0.15, 0.2) is 5.78 Å². The van der Waals surface area contributed by atoms with Gasteiger partial charge in [-0.15, -0.1) is 0 Å². The van der Waals surface area contributed by atoms with E-state index in [1.54, 1.807) is 19.2 Å². The van der Waals surface area contributed by atoms with Crippen LogP contribution in [0.25, 0.3) is 0 Å². The van der Waals surface area contributed by atoms with Crippen molar-refractivity contribution in [3.05, 3.63) is 28.3 Å². The monoisotopic (exact) mass is 255 g/mol. The van der Waals surface area contributed by atoms with Crippen LogP contribution in [0.3, 0.4) is 0 Å². The van der Waals surface area contributed by atoms with Crippen molar-refractivity contribution >= 4 is 17.4 Å². The number of hydrogen-bond donors (Lipinski definition) is 1. The Balaban J connectivity index is 3.24. The van der Waals surface area contributed by atoms with Gasteiger partial charge in [-0.2, -0.15) is 0 Å². The van der Waals surface area contributed by atoms with Crippen LogP contribution in [0, 0.1) is 12.8 Å². The van der Waals surface area contributed by atoms with Crippen LogP contribution in [0.4, 0.5) is 0 Å². The molecule has 1 aromatic carbocycles. The number of Topliss-reactive ketones (excluding diaryl/α,β-unsaturated/α-hetero) is 1. The zero-order chi connectivity index (χ0) is 13.0. The average Bonchev–Trinajstić information content (AvgIpc) is 2.29. The maximum Gasteiger partial charge on any atom is 0.170 e. The number of carbonyl (C=O) groups excluding carboxylic acids is 1. The molecule has 2 N–H and O–H groups in total. The molecule has 0 heterocycles. The predicted molar refractivity (Wildman–Crippen MR) is 69.9 cm³/mol. The highest BCUT2D eigenvalue weighted by Crippen LogP contribution is 2.29. The zero-order valence-electron chi connectivity index (χ0n) is 10.4. The molecule has 0 saturated heterocycles. The Kier molecular flexibility index (Phi) is 4.97. The van der Waals surface area contributed by atoms with Gasteiger partial charge < -0.3 is 10.5 Å². The van der Waals surface area contributed by atoms with Crippen molar-refractivity contribution in [2.24, 2.45) is 11.7 Å². The quantitative estimate of drug-likeness (QED) is 0.823. The second kappa shape index (κ2) is 6.03. The minimum atomic E-state index is -0.179. The number of carbonyl (C=O) groups is 1. The Morgan fingerprint density at radius 1 is 1.53 bits per heavy atom. The van der Waals surface area contributed by atoms with Gasteiger partial charge in [0.05, 0.1) is 12.7 Å². The fourth-order valence-corrected chi connectivity index (χ4v) is 2.14. The van der Waals surface area contributed by atoms with Crippen molar-refractivity contribution in [1.29, 1.82) is 0 Å². The number of ketones is 1. The van der Waals surface area contributed by atoms with Crippen LogP contribution in [0.5, 0.6) is 5.75 Å². The number of benzene rings is 1. The number of aryl methyl sites for hydroxylation is 1. The van der Waals surface area contributed by atoms with Crippen LogP contribution in [0.2, 0.25) is 5.02 Å². The summed E-state index contributed by atoms with van der Waals surface area (Å²) in [5, 5.41) is 0.540. The maximum absolute atomic E-state index is 12.3. The van der Waals surface area contributed by atoms with Crippen molar-refractivity contribution in [2.45, 2.75) is 20.3 Å². The molecule has 0 spiro atoms. The van der Waals surface area contributed by atoms with Gasteiger partial charge >= 0.3 is 0 Å². The maximum atomic E-state index is 12.3.